The Balaban J connectivity index is 0.00000577. The summed E-state index contributed by atoms with van der Waals surface area (Å²) in [4.78, 5) is 10.2. The van der Waals surface area contributed by atoms with Crippen LogP contribution in [0.15, 0.2) is 261 Å². The van der Waals surface area contributed by atoms with Crippen LogP contribution in [0, 0.1) is 18.5 Å². The standard InChI is InChI=1S/C75H49BN6O.Pt/c1-75(2)59-43-42-55(46-66(59)79-48-78(65-41-21-36-60(75)72(65)79)71-56(49-23-7-3-8-24-49)33-20-34-57(71)50-25-9-4-10-26-50)83-54-32-19-31-53(45-54)82-67-47-68-70-73(69(67)58-35-22-44-77-74(58)82)81(52-29-13-6-14-30-52)64-40-18-16-38-62(64)76(70)61-37-15-17-39-63(61)80(68)51-27-11-5-12-28-51;/h3-44,47H,1-2H3;/q-2;. The molecule has 0 amide bonds. The van der Waals surface area contributed by atoms with Gasteiger partial charge in [0.2, 0.25) is 0 Å². The molecule has 9 heteroatoms. The Hall–Kier alpha value is -10.0. The third-order valence-corrected chi connectivity index (χ3v) is 17.4. The Bertz CT molecular complexity index is 4880. The Morgan fingerprint density at radius 1 is 0.524 bits per heavy atom. The van der Waals surface area contributed by atoms with Crippen molar-refractivity contribution in [2.24, 2.45) is 0 Å². The Labute approximate surface area is 501 Å². The summed E-state index contributed by atoms with van der Waals surface area (Å²) < 4.78 is 13.7. The van der Waals surface area contributed by atoms with E-state index in [2.05, 4.69) is 298 Å². The Morgan fingerprint density at radius 2 is 1.12 bits per heavy atom. The number of pyridine rings is 1. The fraction of sp³-hybridized carbons (Fsp3) is 0.0400. The van der Waals surface area contributed by atoms with E-state index in [4.69, 9.17) is 9.72 Å². The number of hydrogen-bond donors (Lipinski definition) is 0. The summed E-state index contributed by atoms with van der Waals surface area (Å²) in [6, 6.07) is 98.6. The molecule has 0 bridgehead atoms. The average Bonchev–Trinajstić information content (AvgIpc) is 1.30. The van der Waals surface area contributed by atoms with Gasteiger partial charge in [0, 0.05) is 78.0 Å². The van der Waals surface area contributed by atoms with Gasteiger partial charge < -0.3 is 23.7 Å². The van der Waals surface area contributed by atoms with Gasteiger partial charge in [0.15, 0.2) is 0 Å². The number of imidazole rings is 1. The van der Waals surface area contributed by atoms with E-state index in [9.17, 15) is 0 Å². The van der Waals surface area contributed by atoms with E-state index in [0.717, 1.165) is 112 Å². The molecule has 3 aliphatic rings. The zero-order valence-corrected chi connectivity index (χ0v) is 48.1. The second-order valence-electron chi connectivity index (χ2n) is 22.2. The molecule has 0 atom stereocenters. The van der Waals surface area contributed by atoms with E-state index in [1.807, 2.05) is 18.3 Å². The third kappa shape index (κ3) is 7.36. The van der Waals surface area contributed by atoms with Crippen LogP contribution >= 0.6 is 0 Å². The van der Waals surface area contributed by atoms with Gasteiger partial charge in [-0.15, -0.1) is 35.9 Å². The van der Waals surface area contributed by atoms with Gasteiger partial charge in [-0.3, -0.25) is 4.57 Å². The van der Waals surface area contributed by atoms with Crippen LogP contribution in [-0.2, 0) is 26.5 Å². The fourth-order valence-corrected chi connectivity index (χ4v) is 13.8. The molecule has 6 heterocycles. The summed E-state index contributed by atoms with van der Waals surface area (Å²) in [5, 5.41) is 2.16. The minimum atomic E-state index is -0.366. The molecule has 400 valence electrons. The third-order valence-electron chi connectivity index (χ3n) is 17.4. The number of benzene rings is 11. The minimum Gasteiger partial charge on any atom is -0.510 e. The second-order valence-corrected chi connectivity index (χ2v) is 22.2. The van der Waals surface area contributed by atoms with Crippen molar-refractivity contribution in [3.63, 3.8) is 0 Å². The molecule has 0 unspecified atom stereocenters. The SMILES string of the molecule is CC1(C)c2ccc(Oc3[c-]c(-n4c5cc6c7c(c5c5cccnc54)N(c4ccccc4)c4ccccc4B7c4ccccc4N6c4ccccc4)ccc3)[c-]c2-n2[c-][n+](-c3c(-c4ccccc4)cccc3-c3ccccc3)c3cccc1c32.[Pt]. The van der Waals surface area contributed by atoms with Gasteiger partial charge in [-0.1, -0.05) is 189 Å². The molecule has 0 radical (unpaired) electrons. The van der Waals surface area contributed by atoms with Crippen molar-refractivity contribution in [2.45, 2.75) is 19.3 Å². The van der Waals surface area contributed by atoms with Crippen molar-refractivity contribution in [3.05, 3.63) is 291 Å². The van der Waals surface area contributed by atoms with E-state index in [1.54, 1.807) is 0 Å². The van der Waals surface area contributed by atoms with Gasteiger partial charge in [0.25, 0.3) is 13.0 Å². The van der Waals surface area contributed by atoms with Crippen molar-refractivity contribution in [3.8, 4) is 50.8 Å². The Kier molecular flexibility index (Phi) is 11.4. The van der Waals surface area contributed by atoms with E-state index in [-0.39, 0.29) is 33.2 Å². The summed E-state index contributed by atoms with van der Waals surface area (Å²) in [6.07, 6.45) is 5.81. The largest absolute Gasteiger partial charge is 0.510 e. The number of anilines is 6. The molecule has 0 spiro atoms. The second kappa shape index (κ2) is 19.3. The molecule has 0 fully saturated rings. The number of hydrogen-bond acceptors (Lipinski definition) is 4. The van der Waals surface area contributed by atoms with Gasteiger partial charge in [0.05, 0.1) is 27.9 Å². The van der Waals surface area contributed by atoms with E-state index < -0.39 is 0 Å². The van der Waals surface area contributed by atoms with Crippen LogP contribution < -0.4 is 35.5 Å². The summed E-state index contributed by atoms with van der Waals surface area (Å²) in [6.45, 7) is 4.58. The first-order chi connectivity index (χ1) is 41.0. The van der Waals surface area contributed by atoms with Crippen molar-refractivity contribution in [1.82, 2.24) is 14.1 Å². The smallest absolute Gasteiger partial charge is 0.268 e. The molecular weight excluding hydrogens is 1210 g/mol. The van der Waals surface area contributed by atoms with Crippen molar-refractivity contribution in [2.75, 3.05) is 9.80 Å². The fourth-order valence-electron chi connectivity index (χ4n) is 13.8. The number of rotatable bonds is 8. The molecule has 7 nitrogen and oxygen atoms in total. The quantitative estimate of drug-likeness (QED) is 0.0864. The van der Waals surface area contributed by atoms with Crippen LogP contribution in [0.1, 0.15) is 25.0 Å². The van der Waals surface area contributed by atoms with Crippen molar-refractivity contribution >= 4 is 90.2 Å². The van der Waals surface area contributed by atoms with Crippen molar-refractivity contribution < 1.29 is 30.4 Å². The predicted octanol–water partition coefficient (Wildman–Crippen LogP) is 15.6. The normalized spacial score (nSPS) is 13.3. The first-order valence-corrected chi connectivity index (χ1v) is 28.3. The molecule has 0 saturated heterocycles. The summed E-state index contributed by atoms with van der Waals surface area (Å²) in [5.74, 6) is 1.13. The number of aromatic nitrogens is 4. The molecule has 3 aliphatic heterocycles. The average molecular weight is 1260 g/mol. The number of ether oxygens (including phenoxy) is 1. The van der Waals surface area contributed by atoms with Crippen LogP contribution in [0.5, 0.6) is 11.5 Å². The zero-order chi connectivity index (χ0) is 54.9. The molecule has 3 aromatic heterocycles. The summed E-state index contributed by atoms with van der Waals surface area (Å²) in [7, 11) is 0. The minimum absolute atomic E-state index is 0. The monoisotopic (exact) mass is 1260 g/mol. The van der Waals surface area contributed by atoms with Gasteiger partial charge in [-0.2, -0.15) is 12.1 Å². The van der Waals surface area contributed by atoms with Crippen LogP contribution in [0.2, 0.25) is 0 Å². The van der Waals surface area contributed by atoms with Crippen LogP contribution in [-0.4, -0.2) is 20.8 Å². The molecule has 0 N–H and O–H groups in total. The van der Waals surface area contributed by atoms with E-state index in [0.29, 0.717) is 11.5 Å². The van der Waals surface area contributed by atoms with Crippen molar-refractivity contribution in [1.29, 1.82) is 0 Å². The maximum Gasteiger partial charge on any atom is 0.268 e. The van der Waals surface area contributed by atoms with Crippen LogP contribution in [0.3, 0.4) is 0 Å². The first kappa shape index (κ1) is 49.8. The molecule has 0 saturated carbocycles. The summed E-state index contributed by atoms with van der Waals surface area (Å²) >= 11 is 0. The topological polar surface area (TPSA) is 42.3 Å². The number of fused-ring (bicyclic) bond motifs is 10. The molecule has 0 aliphatic carbocycles. The van der Waals surface area contributed by atoms with Gasteiger partial charge in [-0.25, -0.2) is 4.98 Å². The first-order valence-electron chi connectivity index (χ1n) is 28.3. The maximum absolute atomic E-state index is 7.00. The molecule has 84 heavy (non-hydrogen) atoms. The van der Waals surface area contributed by atoms with E-state index in [1.165, 1.54) is 22.0 Å². The molecule has 14 aromatic rings. The number of nitrogens with zero attached hydrogens (tertiary/aromatic N) is 6. The van der Waals surface area contributed by atoms with Crippen LogP contribution in [0.25, 0.3) is 72.3 Å². The van der Waals surface area contributed by atoms with Crippen LogP contribution in [0.4, 0.5) is 34.1 Å². The number of para-hydroxylation sites is 6. The predicted molar refractivity (Wildman–Crippen MR) is 337 cm³/mol. The zero-order valence-electron chi connectivity index (χ0n) is 45.8. The van der Waals surface area contributed by atoms with Gasteiger partial charge in [0.1, 0.15) is 5.65 Å². The molecular formula is C75H49BN6OPt-2. The maximum atomic E-state index is 7.00. The Morgan fingerprint density at radius 3 is 1.81 bits per heavy atom. The summed E-state index contributed by atoms with van der Waals surface area (Å²) in [5.41, 5.74) is 23.7. The van der Waals surface area contributed by atoms with Gasteiger partial charge in [-0.05, 0) is 110 Å². The van der Waals surface area contributed by atoms with E-state index >= 15 is 0 Å². The molecule has 17 rings (SSSR count). The van der Waals surface area contributed by atoms with Gasteiger partial charge >= 0.3 is 0 Å². The molecule has 11 aromatic carbocycles.